The molecule has 0 aromatic rings. The summed E-state index contributed by atoms with van der Waals surface area (Å²) >= 11 is 0. The van der Waals surface area contributed by atoms with Crippen molar-refractivity contribution in [1.29, 1.82) is 0 Å². The Hall–Kier alpha value is -1.66. The number of esters is 2. The summed E-state index contributed by atoms with van der Waals surface area (Å²) in [5.74, 6) is 4.69. The van der Waals surface area contributed by atoms with Crippen LogP contribution in [0, 0.1) is 58.2 Å². The lowest BCUT2D eigenvalue weighted by atomic mass is 9.44. The molecular formula is C40H66O6. The van der Waals surface area contributed by atoms with Crippen LogP contribution in [-0.2, 0) is 23.8 Å². The molecule has 4 saturated carbocycles. The molecule has 0 spiro atoms. The molecule has 0 heterocycles. The van der Waals surface area contributed by atoms with E-state index in [1.807, 2.05) is 0 Å². The van der Waals surface area contributed by atoms with E-state index in [9.17, 15) is 14.7 Å². The van der Waals surface area contributed by atoms with Crippen LogP contribution in [0.25, 0.3) is 0 Å². The summed E-state index contributed by atoms with van der Waals surface area (Å²) in [7, 11) is 0. The molecule has 46 heavy (non-hydrogen) atoms. The zero-order chi connectivity index (χ0) is 33.6. The summed E-state index contributed by atoms with van der Waals surface area (Å²) in [6.07, 6.45) is 17.0. The predicted octanol–water partition coefficient (Wildman–Crippen LogP) is 8.71. The number of fused-ring (bicyclic) bond motifs is 5. The van der Waals surface area contributed by atoms with Gasteiger partial charge in [-0.2, -0.15) is 0 Å². The fraction of sp³-hybridized carbons (Fsp3) is 0.850. The Morgan fingerprint density at radius 1 is 0.848 bits per heavy atom. The first-order chi connectivity index (χ1) is 21.8. The van der Waals surface area contributed by atoms with Crippen LogP contribution in [0.3, 0.4) is 0 Å². The van der Waals surface area contributed by atoms with E-state index in [1.54, 1.807) is 6.92 Å². The molecule has 4 aliphatic rings. The standard InChI is InChI=1S/C40H66O6/c1-26(2)10-9-11-28(5)34-14-15-35-33-13-12-31-22-32(16-19-39(31,7)36(33)17-20-40(34,35)8)44-21-18-30(24-45-37(42)27(3)4)25-46-38(43)29(6)23-41/h26,28,30-36,41H,3,6,9-25H2,1-2,4-5,7-8H3/t28-,30?,31+,32+,33+,34?,35+,36+,39+,40-/m1/s1. The Labute approximate surface area is 280 Å². The van der Waals surface area contributed by atoms with Gasteiger partial charge in [-0.05, 0) is 123 Å². The van der Waals surface area contributed by atoms with E-state index < -0.39 is 18.5 Å². The van der Waals surface area contributed by atoms with Crippen LogP contribution in [0.15, 0.2) is 24.3 Å². The first-order valence-corrected chi connectivity index (χ1v) is 18.7. The van der Waals surface area contributed by atoms with Crippen LogP contribution < -0.4 is 0 Å². The predicted molar refractivity (Wildman–Crippen MR) is 184 cm³/mol. The minimum atomic E-state index is -0.630. The van der Waals surface area contributed by atoms with Gasteiger partial charge in [0.15, 0.2) is 0 Å². The van der Waals surface area contributed by atoms with Crippen LogP contribution in [-0.4, -0.2) is 49.6 Å². The number of aliphatic hydroxyl groups excluding tert-OH is 1. The Balaban J connectivity index is 1.29. The maximum atomic E-state index is 12.1. The van der Waals surface area contributed by atoms with Crippen LogP contribution in [0.4, 0.5) is 0 Å². The smallest absolute Gasteiger partial charge is 0.335 e. The Kier molecular flexibility index (Phi) is 13.1. The van der Waals surface area contributed by atoms with E-state index in [4.69, 9.17) is 14.2 Å². The van der Waals surface area contributed by atoms with Gasteiger partial charge in [0.05, 0.1) is 31.5 Å². The van der Waals surface area contributed by atoms with E-state index in [0.717, 1.165) is 54.3 Å². The van der Waals surface area contributed by atoms with Crippen molar-refractivity contribution < 1.29 is 28.9 Å². The fourth-order valence-electron chi connectivity index (χ4n) is 10.7. The average molecular weight is 643 g/mol. The van der Waals surface area contributed by atoms with Gasteiger partial charge >= 0.3 is 11.9 Å². The molecule has 262 valence electrons. The van der Waals surface area contributed by atoms with Crippen molar-refractivity contribution in [3.05, 3.63) is 24.3 Å². The van der Waals surface area contributed by atoms with Gasteiger partial charge in [0.1, 0.15) is 0 Å². The Morgan fingerprint density at radius 2 is 1.52 bits per heavy atom. The van der Waals surface area contributed by atoms with Crippen molar-refractivity contribution in [2.45, 2.75) is 131 Å². The normalized spacial score (nSPS) is 35.0. The molecule has 1 N–H and O–H groups in total. The van der Waals surface area contributed by atoms with Crippen LogP contribution >= 0.6 is 0 Å². The summed E-state index contributed by atoms with van der Waals surface area (Å²) in [4.78, 5) is 24.1. The topological polar surface area (TPSA) is 82.1 Å². The highest BCUT2D eigenvalue weighted by atomic mass is 16.5. The molecule has 0 bridgehead atoms. The third-order valence-electron chi connectivity index (χ3n) is 13.4. The van der Waals surface area contributed by atoms with Crippen LogP contribution in [0.1, 0.15) is 125 Å². The second-order valence-electron chi connectivity index (χ2n) is 16.8. The van der Waals surface area contributed by atoms with Crippen molar-refractivity contribution in [3.8, 4) is 0 Å². The molecule has 6 nitrogen and oxygen atoms in total. The third kappa shape index (κ3) is 8.49. The van der Waals surface area contributed by atoms with Gasteiger partial charge < -0.3 is 19.3 Å². The van der Waals surface area contributed by atoms with Gasteiger partial charge in [0.2, 0.25) is 0 Å². The molecule has 4 rings (SSSR count). The summed E-state index contributed by atoms with van der Waals surface area (Å²) in [5.41, 5.74) is 1.31. The number of rotatable bonds is 16. The Morgan fingerprint density at radius 3 is 2.20 bits per heavy atom. The van der Waals surface area contributed by atoms with Gasteiger partial charge in [-0.25, -0.2) is 9.59 Å². The molecule has 0 amide bonds. The van der Waals surface area contributed by atoms with E-state index >= 15 is 0 Å². The Bertz CT molecular complexity index is 1070. The molecule has 0 aliphatic heterocycles. The third-order valence-corrected chi connectivity index (χ3v) is 13.4. The number of hydrogen-bond donors (Lipinski definition) is 1. The lowest BCUT2D eigenvalue weighted by molar-refractivity contribution is -0.146. The van der Waals surface area contributed by atoms with E-state index in [2.05, 4.69) is 47.8 Å². The van der Waals surface area contributed by atoms with Gasteiger partial charge in [0, 0.05) is 18.1 Å². The second-order valence-corrected chi connectivity index (χ2v) is 16.8. The highest BCUT2D eigenvalue weighted by Crippen LogP contribution is 2.68. The first-order valence-electron chi connectivity index (χ1n) is 18.7. The van der Waals surface area contributed by atoms with E-state index in [-0.39, 0.29) is 30.8 Å². The molecule has 2 unspecified atom stereocenters. The summed E-state index contributed by atoms with van der Waals surface area (Å²) in [5, 5.41) is 9.18. The minimum absolute atomic E-state index is 0.0101. The number of carbonyl (C=O) groups excluding carboxylic acids is 2. The summed E-state index contributed by atoms with van der Waals surface area (Å²) < 4.78 is 17.2. The summed E-state index contributed by atoms with van der Waals surface area (Å²) in [6.45, 7) is 21.7. The zero-order valence-corrected chi connectivity index (χ0v) is 30.1. The second kappa shape index (κ2) is 16.2. The molecule has 0 saturated heterocycles. The summed E-state index contributed by atoms with van der Waals surface area (Å²) in [6, 6.07) is 0. The molecular weight excluding hydrogens is 576 g/mol. The lowest BCUT2D eigenvalue weighted by Crippen LogP contribution is -2.54. The highest BCUT2D eigenvalue weighted by molar-refractivity contribution is 5.88. The molecule has 4 fully saturated rings. The fourth-order valence-corrected chi connectivity index (χ4v) is 10.7. The van der Waals surface area contributed by atoms with Crippen molar-refractivity contribution in [1.82, 2.24) is 0 Å². The number of carbonyl (C=O) groups is 2. The van der Waals surface area contributed by atoms with Crippen LogP contribution in [0.5, 0.6) is 0 Å². The van der Waals surface area contributed by atoms with Crippen molar-refractivity contribution >= 4 is 11.9 Å². The van der Waals surface area contributed by atoms with E-state index in [1.165, 1.54) is 64.2 Å². The number of hydrogen-bond acceptors (Lipinski definition) is 6. The molecule has 0 aromatic carbocycles. The van der Waals surface area contributed by atoms with Gasteiger partial charge in [-0.15, -0.1) is 0 Å². The van der Waals surface area contributed by atoms with Crippen molar-refractivity contribution in [3.63, 3.8) is 0 Å². The van der Waals surface area contributed by atoms with E-state index in [0.29, 0.717) is 29.4 Å². The molecule has 0 aromatic heterocycles. The van der Waals surface area contributed by atoms with Gasteiger partial charge in [-0.1, -0.05) is 67.0 Å². The maximum Gasteiger partial charge on any atom is 0.335 e. The van der Waals surface area contributed by atoms with Gasteiger partial charge in [0.25, 0.3) is 0 Å². The average Bonchev–Trinajstić information content (AvgIpc) is 3.38. The first kappa shape index (κ1) is 37.2. The highest BCUT2D eigenvalue weighted by Gasteiger charge is 2.60. The van der Waals surface area contributed by atoms with Gasteiger partial charge in [-0.3, -0.25) is 0 Å². The zero-order valence-electron chi connectivity index (χ0n) is 30.1. The molecule has 6 heteroatoms. The largest absolute Gasteiger partial charge is 0.462 e. The maximum absolute atomic E-state index is 12.1. The van der Waals surface area contributed by atoms with Crippen molar-refractivity contribution in [2.24, 2.45) is 58.2 Å². The quantitative estimate of drug-likeness (QED) is 0.134. The monoisotopic (exact) mass is 642 g/mol. The number of ether oxygens (including phenoxy) is 3. The lowest BCUT2D eigenvalue weighted by Gasteiger charge is -2.61. The molecule has 0 radical (unpaired) electrons. The van der Waals surface area contributed by atoms with Crippen LogP contribution in [0.2, 0.25) is 0 Å². The SMILES string of the molecule is C=C(C)C(=O)OCC(CCO[C@H]1CC[C@@]2(C)[C@@H](CC[C@@H]3[C@@H]2CC[C@]2(C)C([C@H](C)CCCC(C)C)CC[C@@H]32)C1)COC(=O)C(=C)CO. The minimum Gasteiger partial charge on any atom is -0.462 e. The van der Waals surface area contributed by atoms with Crippen molar-refractivity contribution in [2.75, 3.05) is 26.4 Å². The molecule has 10 atom stereocenters. The number of aliphatic hydroxyl groups is 1. The molecule has 4 aliphatic carbocycles.